The molecule has 0 spiro atoms. The van der Waals surface area contributed by atoms with Crippen LogP contribution in [0.2, 0.25) is 0 Å². The van der Waals surface area contributed by atoms with E-state index in [1.165, 1.54) is 6.26 Å². The average Bonchev–Trinajstić information content (AvgIpc) is 3.04. The summed E-state index contributed by atoms with van der Waals surface area (Å²) in [6, 6.07) is -0.890. The third-order valence-corrected chi connectivity index (χ3v) is 3.47. The summed E-state index contributed by atoms with van der Waals surface area (Å²) in [6.45, 7) is 1.70. The van der Waals surface area contributed by atoms with Crippen LogP contribution in [0, 0.1) is 0 Å². The van der Waals surface area contributed by atoms with Crippen LogP contribution in [0.3, 0.4) is 0 Å². The van der Waals surface area contributed by atoms with Gasteiger partial charge < -0.3 is 14.8 Å². The standard InChI is InChI=1S/C13H18N2O4/c1-2-9(13(17)18)14-11(16)10-7-19-12(15-10)8-5-3-4-6-8/h7-9H,2-6H2,1H3,(H,14,16)(H,17,18)/t9-/m1/s1. The van der Waals surface area contributed by atoms with Gasteiger partial charge in [-0.15, -0.1) is 0 Å². The second-order valence-electron chi connectivity index (χ2n) is 4.82. The first-order valence-corrected chi connectivity index (χ1v) is 6.61. The molecule has 1 aliphatic carbocycles. The third kappa shape index (κ3) is 3.13. The van der Waals surface area contributed by atoms with Crippen LogP contribution in [0.25, 0.3) is 0 Å². The van der Waals surface area contributed by atoms with E-state index in [1.807, 2.05) is 0 Å². The van der Waals surface area contributed by atoms with Gasteiger partial charge in [0.05, 0.1) is 0 Å². The van der Waals surface area contributed by atoms with Gasteiger partial charge in [0.1, 0.15) is 12.3 Å². The molecular weight excluding hydrogens is 248 g/mol. The molecule has 2 rings (SSSR count). The number of nitrogens with zero attached hydrogens (tertiary/aromatic N) is 1. The van der Waals surface area contributed by atoms with Crippen LogP contribution >= 0.6 is 0 Å². The number of aliphatic carboxylic acids is 1. The van der Waals surface area contributed by atoms with E-state index in [0.29, 0.717) is 18.2 Å². The van der Waals surface area contributed by atoms with Crippen LogP contribution < -0.4 is 5.32 Å². The largest absolute Gasteiger partial charge is 0.480 e. The molecule has 2 N–H and O–H groups in total. The molecule has 1 heterocycles. The summed E-state index contributed by atoms with van der Waals surface area (Å²) in [5.74, 6) is -0.661. The van der Waals surface area contributed by atoms with Gasteiger partial charge in [-0.3, -0.25) is 4.79 Å². The Morgan fingerprint density at radius 3 is 2.79 bits per heavy atom. The molecule has 0 saturated heterocycles. The number of nitrogens with one attached hydrogen (secondary N) is 1. The minimum Gasteiger partial charge on any atom is -0.480 e. The molecule has 0 unspecified atom stereocenters. The van der Waals surface area contributed by atoms with E-state index in [-0.39, 0.29) is 5.69 Å². The second kappa shape index (κ2) is 5.86. The molecule has 6 heteroatoms. The van der Waals surface area contributed by atoms with E-state index >= 15 is 0 Å². The van der Waals surface area contributed by atoms with E-state index in [2.05, 4.69) is 10.3 Å². The minimum absolute atomic E-state index is 0.154. The highest BCUT2D eigenvalue weighted by molar-refractivity contribution is 5.94. The van der Waals surface area contributed by atoms with Crippen LogP contribution in [-0.4, -0.2) is 28.0 Å². The number of hydrogen-bond acceptors (Lipinski definition) is 4. The number of hydrogen-bond donors (Lipinski definition) is 2. The molecule has 0 aromatic carbocycles. The van der Waals surface area contributed by atoms with Gasteiger partial charge in [-0.25, -0.2) is 9.78 Å². The Hall–Kier alpha value is -1.85. The molecule has 1 fully saturated rings. The lowest BCUT2D eigenvalue weighted by Crippen LogP contribution is -2.40. The summed E-state index contributed by atoms with van der Waals surface area (Å²) < 4.78 is 5.33. The van der Waals surface area contributed by atoms with Crippen molar-refractivity contribution in [1.29, 1.82) is 0 Å². The highest BCUT2D eigenvalue weighted by atomic mass is 16.4. The number of carbonyl (C=O) groups excluding carboxylic acids is 1. The van der Waals surface area contributed by atoms with Crippen LogP contribution in [0.4, 0.5) is 0 Å². The molecule has 104 valence electrons. The monoisotopic (exact) mass is 266 g/mol. The first kappa shape index (κ1) is 13.6. The number of oxazole rings is 1. The van der Waals surface area contributed by atoms with E-state index in [4.69, 9.17) is 9.52 Å². The molecule has 19 heavy (non-hydrogen) atoms. The first-order chi connectivity index (χ1) is 9.11. The maximum absolute atomic E-state index is 11.8. The number of carbonyl (C=O) groups is 2. The van der Waals surface area contributed by atoms with Crippen molar-refractivity contribution >= 4 is 11.9 Å². The summed E-state index contributed by atoms with van der Waals surface area (Å²) in [5.41, 5.74) is 0.154. The summed E-state index contributed by atoms with van der Waals surface area (Å²) in [7, 11) is 0. The zero-order valence-corrected chi connectivity index (χ0v) is 10.9. The van der Waals surface area contributed by atoms with Gasteiger partial charge in [-0.1, -0.05) is 19.8 Å². The van der Waals surface area contributed by atoms with Crippen molar-refractivity contribution in [3.05, 3.63) is 17.8 Å². The molecule has 1 aromatic heterocycles. The van der Waals surface area contributed by atoms with E-state index in [1.54, 1.807) is 6.92 Å². The van der Waals surface area contributed by atoms with Gasteiger partial charge in [-0.05, 0) is 19.3 Å². The number of carboxylic acids is 1. The topological polar surface area (TPSA) is 92.4 Å². The Balaban J connectivity index is 2.01. The fourth-order valence-electron chi connectivity index (χ4n) is 2.32. The molecule has 0 aliphatic heterocycles. The summed E-state index contributed by atoms with van der Waals surface area (Å²) in [5, 5.41) is 11.3. The molecule has 6 nitrogen and oxygen atoms in total. The predicted molar refractivity (Wildman–Crippen MR) is 66.9 cm³/mol. The zero-order chi connectivity index (χ0) is 13.8. The van der Waals surface area contributed by atoms with Crippen LogP contribution in [0.1, 0.15) is 61.3 Å². The van der Waals surface area contributed by atoms with Crippen molar-refractivity contribution in [2.45, 2.75) is 51.0 Å². The Morgan fingerprint density at radius 2 is 2.21 bits per heavy atom. The highest BCUT2D eigenvalue weighted by Crippen LogP contribution is 2.33. The molecule has 1 aromatic rings. The van der Waals surface area contributed by atoms with Gasteiger partial charge in [0.25, 0.3) is 5.91 Å². The number of aromatic nitrogens is 1. The smallest absolute Gasteiger partial charge is 0.326 e. The predicted octanol–water partition coefficient (Wildman–Crippen LogP) is 1.93. The van der Waals surface area contributed by atoms with Gasteiger partial charge in [0.2, 0.25) is 0 Å². The maximum Gasteiger partial charge on any atom is 0.326 e. The molecule has 0 bridgehead atoms. The van der Waals surface area contributed by atoms with Gasteiger partial charge in [0.15, 0.2) is 11.6 Å². The summed E-state index contributed by atoms with van der Waals surface area (Å²) in [4.78, 5) is 26.9. The third-order valence-electron chi connectivity index (χ3n) is 3.47. The van der Waals surface area contributed by atoms with Crippen molar-refractivity contribution < 1.29 is 19.1 Å². The molecule has 1 saturated carbocycles. The number of amides is 1. The lowest BCUT2D eigenvalue weighted by atomic mass is 10.1. The fraction of sp³-hybridized carbons (Fsp3) is 0.615. The minimum atomic E-state index is -1.05. The van der Waals surface area contributed by atoms with Gasteiger partial charge in [-0.2, -0.15) is 0 Å². The van der Waals surface area contributed by atoms with E-state index in [0.717, 1.165) is 25.7 Å². The SMILES string of the molecule is CC[C@@H](NC(=O)c1coc(C2CCCC2)n1)C(=O)O. The van der Waals surface area contributed by atoms with Crippen LogP contribution in [0.15, 0.2) is 10.7 Å². The molecule has 1 aliphatic rings. The van der Waals surface area contributed by atoms with E-state index < -0.39 is 17.9 Å². The lowest BCUT2D eigenvalue weighted by molar-refractivity contribution is -0.139. The Labute approximate surface area is 111 Å². The molecule has 0 radical (unpaired) electrons. The van der Waals surface area contributed by atoms with Crippen molar-refractivity contribution in [1.82, 2.24) is 10.3 Å². The normalized spacial score (nSPS) is 17.3. The number of carboxylic acid groups (broad SMARTS) is 1. The van der Waals surface area contributed by atoms with Gasteiger partial charge >= 0.3 is 5.97 Å². The summed E-state index contributed by atoms with van der Waals surface area (Å²) >= 11 is 0. The molecule has 1 atom stereocenters. The quantitative estimate of drug-likeness (QED) is 0.849. The van der Waals surface area contributed by atoms with Crippen molar-refractivity contribution in [2.75, 3.05) is 0 Å². The van der Waals surface area contributed by atoms with E-state index in [9.17, 15) is 9.59 Å². The lowest BCUT2D eigenvalue weighted by Gasteiger charge is -2.10. The fourth-order valence-corrected chi connectivity index (χ4v) is 2.32. The Bertz CT molecular complexity index is 463. The number of rotatable bonds is 5. The molecular formula is C13H18N2O4. The van der Waals surface area contributed by atoms with Crippen molar-refractivity contribution in [3.63, 3.8) is 0 Å². The first-order valence-electron chi connectivity index (χ1n) is 6.61. The van der Waals surface area contributed by atoms with Crippen LogP contribution in [0.5, 0.6) is 0 Å². The average molecular weight is 266 g/mol. The summed E-state index contributed by atoms with van der Waals surface area (Å²) in [6.07, 6.45) is 6.02. The maximum atomic E-state index is 11.8. The Kier molecular flexibility index (Phi) is 4.19. The molecule has 1 amide bonds. The Morgan fingerprint density at radius 1 is 1.53 bits per heavy atom. The highest BCUT2D eigenvalue weighted by Gasteiger charge is 2.25. The van der Waals surface area contributed by atoms with Crippen molar-refractivity contribution in [3.8, 4) is 0 Å². The second-order valence-corrected chi connectivity index (χ2v) is 4.82. The van der Waals surface area contributed by atoms with Gasteiger partial charge in [0, 0.05) is 5.92 Å². The van der Waals surface area contributed by atoms with Crippen molar-refractivity contribution in [2.24, 2.45) is 0 Å². The van der Waals surface area contributed by atoms with Crippen LogP contribution in [-0.2, 0) is 4.79 Å². The zero-order valence-electron chi connectivity index (χ0n) is 10.9.